The summed E-state index contributed by atoms with van der Waals surface area (Å²) in [7, 11) is 0. The van der Waals surface area contributed by atoms with Crippen molar-refractivity contribution in [1.29, 1.82) is 5.26 Å². The molecule has 2 fully saturated rings. The molecule has 2 heterocycles. The molecule has 7 nitrogen and oxygen atoms in total. The number of nitriles is 1. The zero-order chi connectivity index (χ0) is 23.3. The molecule has 1 aromatic rings. The third-order valence-electron chi connectivity index (χ3n) is 5.75. The number of benzene rings is 1. The fourth-order valence-corrected chi connectivity index (χ4v) is 5.19. The number of rotatable bonds is 6. The fourth-order valence-electron chi connectivity index (χ4n) is 4.23. The molecule has 0 unspecified atom stereocenters. The first kappa shape index (κ1) is 24.4. The van der Waals surface area contributed by atoms with E-state index in [-0.39, 0.29) is 11.9 Å². The van der Waals surface area contributed by atoms with Crippen LogP contribution in [-0.4, -0.2) is 75.6 Å². The Morgan fingerprint density at radius 3 is 2.56 bits per heavy atom. The van der Waals surface area contributed by atoms with Gasteiger partial charge < -0.3 is 9.64 Å². The van der Waals surface area contributed by atoms with Crippen LogP contribution in [0, 0.1) is 11.3 Å². The van der Waals surface area contributed by atoms with E-state index in [0.717, 1.165) is 30.8 Å². The average Bonchev–Trinajstić information content (AvgIpc) is 3.43. The standard InChI is InChI=1S/C24H34N4O3S/c1-5-10-26(15-19-8-6-18(14-25)7-9-19)20-13-21(22(29)27-11-12-32-17-27)28(16-20)23(30)31-24(2,3)4/h6-9,20-21H,5,10-13,15-17H2,1-4H3/t20-,21-/m0/s1. The van der Waals surface area contributed by atoms with Crippen molar-refractivity contribution < 1.29 is 14.3 Å². The molecular formula is C24H34N4O3S. The third-order valence-corrected chi connectivity index (χ3v) is 6.72. The van der Waals surface area contributed by atoms with Gasteiger partial charge in [0.05, 0.1) is 17.5 Å². The molecule has 0 aromatic heterocycles. The Morgan fingerprint density at radius 1 is 1.28 bits per heavy atom. The first-order valence-corrected chi connectivity index (χ1v) is 12.5. The van der Waals surface area contributed by atoms with Gasteiger partial charge >= 0.3 is 6.09 Å². The zero-order valence-electron chi connectivity index (χ0n) is 19.5. The molecule has 0 saturated carbocycles. The topological polar surface area (TPSA) is 76.9 Å². The summed E-state index contributed by atoms with van der Waals surface area (Å²) >= 11 is 1.75. The SMILES string of the molecule is CCCN(Cc1ccc(C#N)cc1)[C@H]1C[C@@H](C(=O)N2CCSC2)N(C(=O)OC(C)(C)C)C1. The van der Waals surface area contributed by atoms with Gasteiger partial charge in [-0.05, 0) is 57.9 Å². The van der Waals surface area contributed by atoms with Crippen molar-refractivity contribution >= 4 is 23.8 Å². The predicted molar refractivity (Wildman–Crippen MR) is 126 cm³/mol. The minimum Gasteiger partial charge on any atom is -0.444 e. The van der Waals surface area contributed by atoms with E-state index in [1.54, 1.807) is 16.7 Å². The van der Waals surface area contributed by atoms with Gasteiger partial charge in [0, 0.05) is 31.4 Å². The maximum absolute atomic E-state index is 13.3. The minimum atomic E-state index is -0.613. The second kappa shape index (κ2) is 10.6. The highest BCUT2D eigenvalue weighted by Gasteiger charge is 2.45. The van der Waals surface area contributed by atoms with Crippen LogP contribution < -0.4 is 0 Å². The molecule has 32 heavy (non-hydrogen) atoms. The van der Waals surface area contributed by atoms with Crippen LogP contribution in [0.1, 0.15) is 51.7 Å². The van der Waals surface area contributed by atoms with E-state index in [9.17, 15) is 9.59 Å². The lowest BCUT2D eigenvalue weighted by Crippen LogP contribution is -2.48. The van der Waals surface area contributed by atoms with Crippen molar-refractivity contribution in [1.82, 2.24) is 14.7 Å². The number of hydrogen-bond acceptors (Lipinski definition) is 6. The van der Waals surface area contributed by atoms with Gasteiger partial charge in [0.1, 0.15) is 11.6 Å². The number of carbonyl (C=O) groups is 2. The smallest absolute Gasteiger partial charge is 0.411 e. The molecule has 0 spiro atoms. The van der Waals surface area contributed by atoms with Crippen LogP contribution in [-0.2, 0) is 16.1 Å². The first-order chi connectivity index (χ1) is 15.2. The highest BCUT2D eigenvalue weighted by atomic mass is 32.2. The molecule has 2 atom stereocenters. The Bertz CT molecular complexity index is 840. The van der Waals surface area contributed by atoms with Gasteiger partial charge in [0.15, 0.2) is 0 Å². The molecule has 0 N–H and O–H groups in total. The van der Waals surface area contributed by atoms with E-state index in [1.807, 2.05) is 49.9 Å². The molecule has 0 aliphatic carbocycles. The van der Waals surface area contributed by atoms with Crippen molar-refractivity contribution in [3.8, 4) is 6.07 Å². The average molecular weight is 459 g/mol. The predicted octanol–water partition coefficient (Wildman–Crippen LogP) is 3.68. The van der Waals surface area contributed by atoms with Crippen molar-refractivity contribution in [3.05, 3.63) is 35.4 Å². The fraction of sp³-hybridized carbons (Fsp3) is 0.625. The molecule has 2 saturated heterocycles. The molecule has 2 aliphatic heterocycles. The second-order valence-electron chi connectivity index (χ2n) is 9.46. The van der Waals surface area contributed by atoms with Crippen LogP contribution in [0.3, 0.4) is 0 Å². The minimum absolute atomic E-state index is 0.0261. The monoisotopic (exact) mass is 458 g/mol. The van der Waals surface area contributed by atoms with Gasteiger partial charge in [-0.1, -0.05) is 19.1 Å². The Labute approximate surface area is 195 Å². The van der Waals surface area contributed by atoms with Gasteiger partial charge in [-0.2, -0.15) is 5.26 Å². The second-order valence-corrected chi connectivity index (χ2v) is 10.5. The zero-order valence-corrected chi connectivity index (χ0v) is 20.4. The van der Waals surface area contributed by atoms with Gasteiger partial charge in [0.25, 0.3) is 0 Å². The highest BCUT2D eigenvalue weighted by Crippen LogP contribution is 2.29. The molecular weight excluding hydrogens is 424 g/mol. The lowest BCUT2D eigenvalue weighted by Gasteiger charge is -2.30. The Morgan fingerprint density at radius 2 is 2.00 bits per heavy atom. The molecule has 2 aliphatic rings. The molecule has 3 rings (SSSR count). The van der Waals surface area contributed by atoms with Crippen molar-refractivity contribution in [2.75, 3.05) is 31.3 Å². The molecule has 174 valence electrons. The van der Waals surface area contributed by atoms with Crippen LogP contribution in [0.5, 0.6) is 0 Å². The van der Waals surface area contributed by atoms with E-state index < -0.39 is 17.7 Å². The number of thioether (sulfide) groups is 1. The van der Waals surface area contributed by atoms with Gasteiger partial charge in [-0.25, -0.2) is 4.79 Å². The molecule has 0 bridgehead atoms. The van der Waals surface area contributed by atoms with E-state index in [2.05, 4.69) is 17.9 Å². The van der Waals surface area contributed by atoms with Crippen molar-refractivity contribution in [3.63, 3.8) is 0 Å². The lowest BCUT2D eigenvalue weighted by molar-refractivity contribution is -0.134. The summed E-state index contributed by atoms with van der Waals surface area (Å²) < 4.78 is 5.66. The number of likely N-dealkylation sites (tertiary alicyclic amines) is 1. The third kappa shape index (κ3) is 6.17. The first-order valence-electron chi connectivity index (χ1n) is 11.3. The number of hydrogen-bond donors (Lipinski definition) is 0. The van der Waals surface area contributed by atoms with Crippen LogP contribution in [0.25, 0.3) is 0 Å². The van der Waals surface area contributed by atoms with E-state index in [4.69, 9.17) is 10.00 Å². The number of amides is 2. The summed E-state index contributed by atoms with van der Waals surface area (Å²) in [5.74, 6) is 1.65. The largest absolute Gasteiger partial charge is 0.444 e. The van der Waals surface area contributed by atoms with E-state index >= 15 is 0 Å². The van der Waals surface area contributed by atoms with Crippen LogP contribution in [0.2, 0.25) is 0 Å². The summed E-state index contributed by atoms with van der Waals surface area (Å²) in [4.78, 5) is 32.2. The van der Waals surface area contributed by atoms with E-state index in [1.165, 1.54) is 0 Å². The summed E-state index contributed by atoms with van der Waals surface area (Å²) in [5.41, 5.74) is 1.14. The van der Waals surface area contributed by atoms with Crippen molar-refractivity contribution in [2.45, 2.75) is 64.8 Å². The normalized spacial score (nSPS) is 21.1. The van der Waals surface area contributed by atoms with Gasteiger partial charge in [-0.15, -0.1) is 11.8 Å². The van der Waals surface area contributed by atoms with E-state index in [0.29, 0.717) is 31.0 Å². The summed E-state index contributed by atoms with van der Waals surface area (Å²) in [6.07, 6.45) is 1.16. The maximum Gasteiger partial charge on any atom is 0.411 e. The molecule has 2 amide bonds. The van der Waals surface area contributed by atoms with Gasteiger partial charge in [-0.3, -0.25) is 14.6 Å². The van der Waals surface area contributed by atoms with Crippen LogP contribution >= 0.6 is 11.8 Å². The highest BCUT2D eigenvalue weighted by molar-refractivity contribution is 7.99. The van der Waals surface area contributed by atoms with Crippen LogP contribution in [0.4, 0.5) is 4.79 Å². The summed E-state index contributed by atoms with van der Waals surface area (Å²) in [5, 5.41) is 9.05. The summed E-state index contributed by atoms with van der Waals surface area (Å²) in [6.45, 7) is 10.5. The Kier molecular flexibility index (Phi) is 8.07. The Hall–Kier alpha value is -2.24. The van der Waals surface area contributed by atoms with Crippen molar-refractivity contribution in [2.24, 2.45) is 0 Å². The summed E-state index contributed by atoms with van der Waals surface area (Å²) in [6, 6.07) is 9.35. The van der Waals surface area contributed by atoms with Gasteiger partial charge in [0.2, 0.25) is 5.91 Å². The number of nitrogens with zero attached hydrogens (tertiary/aromatic N) is 4. The lowest BCUT2D eigenvalue weighted by atomic mass is 10.1. The Balaban J connectivity index is 1.79. The van der Waals surface area contributed by atoms with Crippen LogP contribution in [0.15, 0.2) is 24.3 Å². The number of ether oxygens (including phenoxy) is 1. The number of carbonyl (C=O) groups excluding carboxylic acids is 2. The maximum atomic E-state index is 13.3. The molecule has 0 radical (unpaired) electrons. The quantitative estimate of drug-likeness (QED) is 0.647. The molecule has 8 heteroatoms. The molecule has 1 aromatic carbocycles.